The third-order valence-corrected chi connectivity index (χ3v) is 4.98. The summed E-state index contributed by atoms with van der Waals surface area (Å²) in [5.41, 5.74) is 0.412. The average Bonchev–Trinajstić information content (AvgIpc) is 2.14. The Bertz CT molecular complexity index is 249. The SMILES string of the molecule is CNC(=O)C[C@]12C[C@H]3C[C@H](C[C@H](C3)C1)C2. The predicted molar refractivity (Wildman–Crippen MR) is 59.3 cm³/mol. The molecule has 0 spiro atoms. The second kappa shape index (κ2) is 3.23. The van der Waals surface area contributed by atoms with Crippen molar-refractivity contribution in [1.29, 1.82) is 0 Å². The Morgan fingerprint density at radius 1 is 1.13 bits per heavy atom. The van der Waals surface area contributed by atoms with Crippen LogP contribution >= 0.6 is 0 Å². The van der Waals surface area contributed by atoms with Gasteiger partial charge in [-0.2, -0.15) is 0 Å². The Hall–Kier alpha value is -0.530. The fourth-order valence-corrected chi connectivity index (χ4v) is 4.94. The molecule has 0 unspecified atom stereocenters. The van der Waals surface area contributed by atoms with Crippen LogP contribution in [0.5, 0.6) is 0 Å². The summed E-state index contributed by atoms with van der Waals surface area (Å²) in [5.74, 6) is 3.14. The van der Waals surface area contributed by atoms with E-state index in [1.54, 1.807) is 7.05 Å². The number of carbonyl (C=O) groups excluding carboxylic acids is 1. The molecule has 1 N–H and O–H groups in total. The average molecular weight is 207 g/mol. The van der Waals surface area contributed by atoms with Crippen molar-refractivity contribution in [3.05, 3.63) is 0 Å². The Morgan fingerprint density at radius 3 is 2.00 bits per heavy atom. The lowest BCUT2D eigenvalue weighted by atomic mass is 9.49. The first-order valence-electron chi connectivity index (χ1n) is 6.40. The van der Waals surface area contributed by atoms with Crippen molar-refractivity contribution in [3.8, 4) is 0 Å². The maximum absolute atomic E-state index is 11.6. The Labute approximate surface area is 91.8 Å². The lowest BCUT2D eigenvalue weighted by molar-refractivity contribution is -0.128. The molecule has 0 aromatic rings. The zero-order valence-corrected chi connectivity index (χ0v) is 9.59. The van der Waals surface area contributed by atoms with Crippen LogP contribution in [0.2, 0.25) is 0 Å². The van der Waals surface area contributed by atoms with Crippen LogP contribution in [0.4, 0.5) is 0 Å². The summed E-state index contributed by atoms with van der Waals surface area (Å²) in [5, 5.41) is 2.80. The summed E-state index contributed by atoms with van der Waals surface area (Å²) in [6, 6.07) is 0. The summed E-state index contributed by atoms with van der Waals surface area (Å²) in [6.07, 6.45) is 9.21. The van der Waals surface area contributed by atoms with E-state index in [4.69, 9.17) is 0 Å². The standard InChI is InChI=1S/C13H21NO/c1-14-12(15)8-13-5-9-2-10(6-13)4-11(3-9)7-13/h9-11H,2-8H2,1H3,(H,14,15)/t9-,10+,11-,13-. The van der Waals surface area contributed by atoms with Gasteiger partial charge in [0.05, 0.1) is 0 Å². The minimum absolute atomic E-state index is 0.261. The molecular formula is C13H21NO. The van der Waals surface area contributed by atoms with Crippen molar-refractivity contribution in [2.24, 2.45) is 23.2 Å². The molecule has 4 saturated carbocycles. The predicted octanol–water partition coefficient (Wildman–Crippen LogP) is 2.34. The largest absolute Gasteiger partial charge is 0.359 e. The topological polar surface area (TPSA) is 29.1 Å². The molecule has 0 aliphatic heterocycles. The molecule has 15 heavy (non-hydrogen) atoms. The Kier molecular flexibility index (Phi) is 2.08. The van der Waals surface area contributed by atoms with Crippen LogP contribution < -0.4 is 5.32 Å². The highest BCUT2D eigenvalue weighted by molar-refractivity contribution is 5.76. The molecule has 4 fully saturated rings. The molecule has 4 rings (SSSR count). The van der Waals surface area contributed by atoms with Gasteiger partial charge in [-0.15, -0.1) is 0 Å². The van der Waals surface area contributed by atoms with Gasteiger partial charge in [0.2, 0.25) is 5.91 Å². The summed E-state index contributed by atoms with van der Waals surface area (Å²) in [7, 11) is 1.77. The van der Waals surface area contributed by atoms with Crippen molar-refractivity contribution in [2.45, 2.75) is 44.9 Å². The van der Waals surface area contributed by atoms with Crippen LogP contribution in [0.3, 0.4) is 0 Å². The third-order valence-electron chi connectivity index (χ3n) is 4.98. The molecule has 2 heteroatoms. The summed E-state index contributed by atoms with van der Waals surface area (Å²) in [4.78, 5) is 11.6. The van der Waals surface area contributed by atoms with E-state index < -0.39 is 0 Å². The van der Waals surface area contributed by atoms with Gasteiger partial charge >= 0.3 is 0 Å². The van der Waals surface area contributed by atoms with Gasteiger partial charge in [0.15, 0.2) is 0 Å². The molecule has 2 nitrogen and oxygen atoms in total. The van der Waals surface area contributed by atoms with Gasteiger partial charge in [-0.05, 0) is 61.7 Å². The molecular weight excluding hydrogens is 186 g/mol. The maximum atomic E-state index is 11.6. The zero-order chi connectivity index (χ0) is 10.5. The van der Waals surface area contributed by atoms with Gasteiger partial charge in [0.1, 0.15) is 0 Å². The van der Waals surface area contributed by atoms with Gasteiger partial charge in [-0.1, -0.05) is 0 Å². The van der Waals surface area contributed by atoms with Crippen LogP contribution in [-0.4, -0.2) is 13.0 Å². The molecule has 0 saturated heterocycles. The fraction of sp³-hybridized carbons (Fsp3) is 0.923. The quantitative estimate of drug-likeness (QED) is 0.740. The molecule has 4 bridgehead atoms. The van der Waals surface area contributed by atoms with E-state index in [0.29, 0.717) is 5.41 Å². The van der Waals surface area contributed by atoms with Crippen LogP contribution in [-0.2, 0) is 4.79 Å². The van der Waals surface area contributed by atoms with E-state index >= 15 is 0 Å². The van der Waals surface area contributed by atoms with Crippen LogP contribution in [0, 0.1) is 23.2 Å². The number of nitrogens with one attached hydrogen (secondary N) is 1. The minimum Gasteiger partial charge on any atom is -0.359 e. The lowest BCUT2D eigenvalue weighted by Crippen LogP contribution is -2.47. The molecule has 0 radical (unpaired) electrons. The van der Waals surface area contributed by atoms with Gasteiger partial charge in [0, 0.05) is 13.5 Å². The molecule has 0 heterocycles. The van der Waals surface area contributed by atoms with E-state index in [-0.39, 0.29) is 5.91 Å². The number of hydrogen-bond donors (Lipinski definition) is 1. The number of hydrogen-bond acceptors (Lipinski definition) is 1. The first-order valence-corrected chi connectivity index (χ1v) is 6.40. The second-order valence-corrected chi connectivity index (χ2v) is 6.27. The van der Waals surface area contributed by atoms with E-state index in [0.717, 1.165) is 24.2 Å². The minimum atomic E-state index is 0.261. The molecule has 1 amide bonds. The molecule has 84 valence electrons. The van der Waals surface area contributed by atoms with Crippen LogP contribution in [0.1, 0.15) is 44.9 Å². The highest BCUT2D eigenvalue weighted by Gasteiger charge is 2.51. The highest BCUT2D eigenvalue weighted by Crippen LogP contribution is 2.61. The van der Waals surface area contributed by atoms with Gasteiger partial charge < -0.3 is 5.32 Å². The number of amides is 1. The summed E-state index contributed by atoms with van der Waals surface area (Å²) >= 11 is 0. The second-order valence-electron chi connectivity index (χ2n) is 6.27. The highest BCUT2D eigenvalue weighted by atomic mass is 16.1. The van der Waals surface area contributed by atoms with Crippen molar-refractivity contribution in [1.82, 2.24) is 5.32 Å². The van der Waals surface area contributed by atoms with E-state index in [1.807, 2.05) is 0 Å². The zero-order valence-electron chi connectivity index (χ0n) is 9.59. The number of rotatable bonds is 2. The third kappa shape index (κ3) is 1.58. The monoisotopic (exact) mass is 207 g/mol. The van der Waals surface area contributed by atoms with E-state index in [9.17, 15) is 4.79 Å². The summed E-state index contributed by atoms with van der Waals surface area (Å²) in [6.45, 7) is 0. The van der Waals surface area contributed by atoms with Gasteiger partial charge in [0.25, 0.3) is 0 Å². The summed E-state index contributed by atoms with van der Waals surface area (Å²) < 4.78 is 0. The van der Waals surface area contributed by atoms with Crippen molar-refractivity contribution in [2.75, 3.05) is 7.05 Å². The maximum Gasteiger partial charge on any atom is 0.220 e. The van der Waals surface area contributed by atoms with Crippen molar-refractivity contribution >= 4 is 5.91 Å². The first-order chi connectivity index (χ1) is 7.19. The van der Waals surface area contributed by atoms with Crippen LogP contribution in [0.15, 0.2) is 0 Å². The number of carbonyl (C=O) groups is 1. The lowest BCUT2D eigenvalue weighted by Gasteiger charge is -2.56. The Balaban J connectivity index is 1.78. The molecule has 4 aliphatic carbocycles. The molecule has 0 atom stereocenters. The van der Waals surface area contributed by atoms with Gasteiger partial charge in [-0.25, -0.2) is 0 Å². The molecule has 4 aliphatic rings. The molecule has 0 aromatic carbocycles. The van der Waals surface area contributed by atoms with E-state index in [1.165, 1.54) is 38.5 Å². The van der Waals surface area contributed by atoms with E-state index in [2.05, 4.69) is 5.32 Å². The van der Waals surface area contributed by atoms with Crippen LogP contribution in [0.25, 0.3) is 0 Å². The normalized spacial score (nSPS) is 46.9. The Morgan fingerprint density at radius 2 is 1.60 bits per heavy atom. The fourth-order valence-electron chi connectivity index (χ4n) is 4.94. The van der Waals surface area contributed by atoms with Gasteiger partial charge in [-0.3, -0.25) is 4.79 Å². The first kappa shape index (κ1) is 9.68. The van der Waals surface area contributed by atoms with Crippen molar-refractivity contribution < 1.29 is 4.79 Å². The smallest absolute Gasteiger partial charge is 0.220 e. The van der Waals surface area contributed by atoms with Crippen molar-refractivity contribution in [3.63, 3.8) is 0 Å². The molecule has 0 aromatic heterocycles.